The van der Waals surface area contributed by atoms with E-state index in [4.69, 9.17) is 0 Å². The fourth-order valence-corrected chi connectivity index (χ4v) is 1.45. The topological polar surface area (TPSA) is 32.9 Å². The average Bonchev–Trinajstić information content (AvgIpc) is 2.42. The number of hydrogen-bond donors (Lipinski definition) is 1. The summed E-state index contributed by atoms with van der Waals surface area (Å²) in [7, 11) is 0. The number of nitrogens with one attached hydrogen (secondary N) is 1. The highest BCUT2D eigenvalue weighted by Gasteiger charge is 2.06. The maximum Gasteiger partial charge on any atom is 0.166 e. The van der Waals surface area contributed by atoms with Gasteiger partial charge in [0, 0.05) is 10.9 Å². The Morgan fingerprint density at radius 3 is 2.92 bits per heavy atom. The second-order valence-corrected chi connectivity index (χ2v) is 2.97. The number of rotatable bonds is 1. The third-order valence-electron chi connectivity index (χ3n) is 2.18. The van der Waals surface area contributed by atoms with Gasteiger partial charge in [-0.2, -0.15) is 0 Å². The molecule has 0 saturated carbocycles. The quantitative estimate of drug-likeness (QED) is 0.666. The van der Waals surface area contributed by atoms with Crippen LogP contribution in [-0.2, 0) is 0 Å². The van der Waals surface area contributed by atoms with Gasteiger partial charge < -0.3 is 4.98 Å². The SMILES string of the molecule is Cc1c(C=O)[nH]c2cc(F)ccc12. The molecule has 0 aliphatic heterocycles. The van der Waals surface area contributed by atoms with E-state index < -0.39 is 0 Å². The van der Waals surface area contributed by atoms with E-state index in [-0.39, 0.29) is 5.82 Å². The summed E-state index contributed by atoms with van der Waals surface area (Å²) in [5, 5.41) is 0.892. The van der Waals surface area contributed by atoms with Gasteiger partial charge in [0.1, 0.15) is 5.82 Å². The fourth-order valence-electron chi connectivity index (χ4n) is 1.45. The lowest BCUT2D eigenvalue weighted by molar-refractivity contribution is 0.111. The van der Waals surface area contributed by atoms with Crippen molar-refractivity contribution in [2.75, 3.05) is 0 Å². The molecule has 0 spiro atoms. The second-order valence-electron chi connectivity index (χ2n) is 2.97. The molecular formula is C10H8FNO. The molecule has 66 valence electrons. The van der Waals surface area contributed by atoms with Gasteiger partial charge in [-0.25, -0.2) is 4.39 Å². The highest BCUT2D eigenvalue weighted by Crippen LogP contribution is 2.21. The number of aromatic nitrogens is 1. The molecule has 0 unspecified atom stereocenters. The summed E-state index contributed by atoms with van der Waals surface area (Å²) >= 11 is 0. The Morgan fingerprint density at radius 1 is 1.46 bits per heavy atom. The first kappa shape index (κ1) is 7.98. The normalized spacial score (nSPS) is 10.6. The van der Waals surface area contributed by atoms with Crippen molar-refractivity contribution < 1.29 is 9.18 Å². The molecule has 0 radical (unpaired) electrons. The number of aromatic amines is 1. The van der Waals surface area contributed by atoms with Crippen LogP contribution in [0.4, 0.5) is 4.39 Å². The van der Waals surface area contributed by atoms with Crippen molar-refractivity contribution in [3.8, 4) is 0 Å². The van der Waals surface area contributed by atoms with Gasteiger partial charge in [0.25, 0.3) is 0 Å². The Labute approximate surface area is 74.4 Å². The maximum absolute atomic E-state index is 12.8. The largest absolute Gasteiger partial charge is 0.352 e. The summed E-state index contributed by atoms with van der Waals surface area (Å²) in [6.45, 7) is 1.83. The number of carbonyl (C=O) groups excluding carboxylic acids is 1. The van der Waals surface area contributed by atoms with Gasteiger partial charge in [-0.3, -0.25) is 4.79 Å². The molecule has 1 heterocycles. The van der Waals surface area contributed by atoms with Crippen molar-refractivity contribution in [2.24, 2.45) is 0 Å². The summed E-state index contributed by atoms with van der Waals surface area (Å²) in [4.78, 5) is 13.4. The average molecular weight is 177 g/mol. The molecule has 0 aliphatic rings. The first-order valence-corrected chi connectivity index (χ1v) is 3.95. The van der Waals surface area contributed by atoms with E-state index in [0.29, 0.717) is 11.2 Å². The van der Waals surface area contributed by atoms with Crippen molar-refractivity contribution in [1.29, 1.82) is 0 Å². The maximum atomic E-state index is 12.8. The number of carbonyl (C=O) groups is 1. The standard InChI is InChI=1S/C10H8FNO/c1-6-8-3-2-7(11)4-9(8)12-10(6)5-13/h2-5,12H,1H3. The van der Waals surface area contributed by atoms with Gasteiger partial charge in [0.15, 0.2) is 6.29 Å². The Morgan fingerprint density at radius 2 is 2.23 bits per heavy atom. The molecule has 0 amide bonds. The van der Waals surface area contributed by atoms with Crippen molar-refractivity contribution >= 4 is 17.2 Å². The molecule has 1 N–H and O–H groups in total. The second kappa shape index (κ2) is 2.69. The van der Waals surface area contributed by atoms with Gasteiger partial charge in [-0.05, 0) is 30.7 Å². The number of benzene rings is 1. The molecule has 3 heteroatoms. The minimum absolute atomic E-state index is 0.300. The summed E-state index contributed by atoms with van der Waals surface area (Å²) < 4.78 is 12.8. The summed E-state index contributed by atoms with van der Waals surface area (Å²) in [5.41, 5.74) is 2.05. The predicted octanol–water partition coefficient (Wildman–Crippen LogP) is 2.43. The first-order chi connectivity index (χ1) is 6.22. The molecule has 0 saturated heterocycles. The highest BCUT2D eigenvalue weighted by atomic mass is 19.1. The van der Waals surface area contributed by atoms with Crippen molar-refractivity contribution in [2.45, 2.75) is 6.92 Å². The lowest BCUT2D eigenvalue weighted by Gasteiger charge is -1.90. The van der Waals surface area contributed by atoms with Crippen LogP contribution in [0.3, 0.4) is 0 Å². The minimum Gasteiger partial charge on any atom is -0.352 e. The van der Waals surface area contributed by atoms with Crippen LogP contribution >= 0.6 is 0 Å². The van der Waals surface area contributed by atoms with Crippen LogP contribution in [0.2, 0.25) is 0 Å². The minimum atomic E-state index is -0.300. The number of aryl methyl sites for hydroxylation is 1. The molecular weight excluding hydrogens is 169 g/mol. The Hall–Kier alpha value is -1.64. The van der Waals surface area contributed by atoms with Crippen LogP contribution in [0.1, 0.15) is 16.1 Å². The van der Waals surface area contributed by atoms with Gasteiger partial charge in [0.2, 0.25) is 0 Å². The first-order valence-electron chi connectivity index (χ1n) is 3.95. The Balaban J connectivity index is 2.83. The third kappa shape index (κ3) is 1.13. The van der Waals surface area contributed by atoms with Crippen LogP contribution in [0, 0.1) is 12.7 Å². The van der Waals surface area contributed by atoms with Gasteiger partial charge in [0.05, 0.1) is 5.69 Å². The van der Waals surface area contributed by atoms with E-state index in [1.807, 2.05) is 6.92 Å². The molecule has 0 atom stereocenters. The fraction of sp³-hybridized carbons (Fsp3) is 0.100. The zero-order valence-electron chi connectivity index (χ0n) is 7.10. The van der Waals surface area contributed by atoms with E-state index in [9.17, 15) is 9.18 Å². The molecule has 0 bridgehead atoms. The van der Waals surface area contributed by atoms with Gasteiger partial charge in [-0.15, -0.1) is 0 Å². The molecule has 1 aromatic heterocycles. The number of fused-ring (bicyclic) bond motifs is 1. The molecule has 13 heavy (non-hydrogen) atoms. The summed E-state index contributed by atoms with van der Waals surface area (Å²) in [6.07, 6.45) is 0.743. The van der Waals surface area contributed by atoms with E-state index in [1.165, 1.54) is 12.1 Å². The Bertz CT molecular complexity index is 473. The predicted molar refractivity (Wildman–Crippen MR) is 48.4 cm³/mol. The van der Waals surface area contributed by atoms with E-state index in [0.717, 1.165) is 17.2 Å². The molecule has 2 aromatic rings. The van der Waals surface area contributed by atoms with E-state index in [2.05, 4.69) is 4.98 Å². The van der Waals surface area contributed by atoms with Crippen molar-refractivity contribution in [3.63, 3.8) is 0 Å². The lowest BCUT2D eigenvalue weighted by Crippen LogP contribution is -1.80. The smallest absolute Gasteiger partial charge is 0.166 e. The van der Waals surface area contributed by atoms with Crippen LogP contribution in [0.15, 0.2) is 18.2 Å². The van der Waals surface area contributed by atoms with Crippen LogP contribution < -0.4 is 0 Å². The van der Waals surface area contributed by atoms with E-state index >= 15 is 0 Å². The number of hydrogen-bond acceptors (Lipinski definition) is 1. The Kier molecular flexibility index (Phi) is 1.65. The zero-order valence-corrected chi connectivity index (χ0v) is 7.10. The number of H-pyrrole nitrogens is 1. The van der Waals surface area contributed by atoms with Crippen molar-refractivity contribution in [1.82, 2.24) is 4.98 Å². The van der Waals surface area contributed by atoms with Gasteiger partial charge >= 0.3 is 0 Å². The summed E-state index contributed by atoms with van der Waals surface area (Å²) in [5.74, 6) is -0.300. The number of halogens is 1. The monoisotopic (exact) mass is 177 g/mol. The third-order valence-corrected chi connectivity index (χ3v) is 2.18. The molecule has 0 fully saturated rings. The molecule has 2 rings (SSSR count). The molecule has 1 aromatic carbocycles. The lowest BCUT2D eigenvalue weighted by atomic mass is 10.1. The number of aldehydes is 1. The summed E-state index contributed by atoms with van der Waals surface area (Å²) in [6, 6.07) is 4.44. The van der Waals surface area contributed by atoms with Crippen LogP contribution in [-0.4, -0.2) is 11.3 Å². The van der Waals surface area contributed by atoms with E-state index in [1.54, 1.807) is 6.07 Å². The highest BCUT2D eigenvalue weighted by molar-refractivity contribution is 5.91. The van der Waals surface area contributed by atoms with Crippen molar-refractivity contribution in [3.05, 3.63) is 35.3 Å². The van der Waals surface area contributed by atoms with Gasteiger partial charge in [-0.1, -0.05) is 0 Å². The van der Waals surface area contributed by atoms with Crippen LogP contribution in [0.25, 0.3) is 10.9 Å². The van der Waals surface area contributed by atoms with Crippen LogP contribution in [0.5, 0.6) is 0 Å². The molecule has 0 aliphatic carbocycles. The molecule has 2 nitrogen and oxygen atoms in total. The zero-order chi connectivity index (χ0) is 9.42.